The number of terminal acetylenes is 1. The van der Waals surface area contributed by atoms with Crippen molar-refractivity contribution in [3.05, 3.63) is 71.7 Å². The molecule has 3 aromatic rings. The van der Waals surface area contributed by atoms with E-state index in [1.165, 1.54) is 23.0 Å². The molecule has 164 valence electrons. The van der Waals surface area contributed by atoms with Crippen LogP contribution in [0.1, 0.15) is 31.2 Å². The minimum atomic E-state index is -0.622. The molecule has 1 heterocycles. The molecule has 0 saturated heterocycles. The van der Waals surface area contributed by atoms with Gasteiger partial charge in [-0.3, -0.25) is 14.9 Å². The van der Waals surface area contributed by atoms with Crippen molar-refractivity contribution in [3.63, 3.8) is 0 Å². The molecule has 2 aromatic carbocycles. The number of nitrogens with zero attached hydrogens (tertiary/aromatic N) is 4. The van der Waals surface area contributed by atoms with Crippen LogP contribution in [0.2, 0.25) is 5.02 Å². The molecule has 0 spiro atoms. The zero-order chi connectivity index (χ0) is 23.3. The summed E-state index contributed by atoms with van der Waals surface area (Å²) < 4.78 is 7.33. The summed E-state index contributed by atoms with van der Waals surface area (Å²) in [5.74, 6) is 2.67. The first-order valence-electron chi connectivity index (χ1n) is 9.65. The molecule has 0 unspecified atom stereocenters. The second-order valence-electron chi connectivity index (χ2n) is 6.75. The van der Waals surface area contributed by atoms with Gasteiger partial charge in [0.2, 0.25) is 5.75 Å². The predicted molar refractivity (Wildman–Crippen MR) is 128 cm³/mol. The Morgan fingerprint density at radius 1 is 1.41 bits per heavy atom. The van der Waals surface area contributed by atoms with Gasteiger partial charge in [0, 0.05) is 27.5 Å². The van der Waals surface area contributed by atoms with E-state index in [-0.39, 0.29) is 34.2 Å². The van der Waals surface area contributed by atoms with Gasteiger partial charge in [-0.2, -0.15) is 9.78 Å². The Labute approximate surface area is 197 Å². The van der Waals surface area contributed by atoms with Gasteiger partial charge in [0.15, 0.2) is 0 Å². The summed E-state index contributed by atoms with van der Waals surface area (Å²) in [4.78, 5) is 28.6. The van der Waals surface area contributed by atoms with Gasteiger partial charge >= 0.3 is 5.69 Å². The molecule has 0 aliphatic rings. The van der Waals surface area contributed by atoms with E-state index >= 15 is 0 Å². The highest BCUT2D eigenvalue weighted by atomic mass is 79.9. The molecule has 0 fully saturated rings. The maximum atomic E-state index is 13.2. The van der Waals surface area contributed by atoms with Gasteiger partial charge in [-0.15, -0.1) is 6.42 Å². The standard InChI is InChI=1S/C22H18BrClN4O4/c1-3-5-6-20-26-18-8-7-15(23)11-17(18)22(29)27(20)25-13-14-10-16(24)12-19(28(30)31)21(14)32-9-4-2/h2,7-8,10-13H,3,5-6,9H2,1H3. The maximum absolute atomic E-state index is 13.2. The van der Waals surface area contributed by atoms with Crippen LogP contribution in [0.3, 0.4) is 0 Å². The van der Waals surface area contributed by atoms with Crippen LogP contribution in [0.25, 0.3) is 10.9 Å². The normalized spacial score (nSPS) is 11.1. The van der Waals surface area contributed by atoms with Gasteiger partial charge in [-0.05, 0) is 30.7 Å². The molecule has 0 bridgehead atoms. The van der Waals surface area contributed by atoms with Crippen molar-refractivity contribution in [2.24, 2.45) is 5.10 Å². The van der Waals surface area contributed by atoms with Crippen LogP contribution < -0.4 is 10.3 Å². The van der Waals surface area contributed by atoms with Gasteiger partial charge < -0.3 is 4.74 Å². The van der Waals surface area contributed by atoms with Crippen molar-refractivity contribution in [3.8, 4) is 18.1 Å². The number of hydrogen-bond donors (Lipinski definition) is 0. The number of aromatic nitrogens is 2. The Morgan fingerprint density at radius 2 is 2.19 bits per heavy atom. The maximum Gasteiger partial charge on any atom is 0.313 e. The molecule has 1 aromatic heterocycles. The highest BCUT2D eigenvalue weighted by Gasteiger charge is 2.21. The smallest absolute Gasteiger partial charge is 0.313 e. The second-order valence-corrected chi connectivity index (χ2v) is 8.10. The summed E-state index contributed by atoms with van der Waals surface area (Å²) in [5.41, 5.74) is 0.0592. The first kappa shape index (κ1) is 23.4. The minimum Gasteiger partial charge on any atom is -0.473 e. The van der Waals surface area contributed by atoms with Gasteiger partial charge in [0.1, 0.15) is 12.4 Å². The summed E-state index contributed by atoms with van der Waals surface area (Å²) in [6.07, 6.45) is 8.77. The molecule has 3 rings (SSSR count). The lowest BCUT2D eigenvalue weighted by Crippen LogP contribution is -2.22. The Kier molecular flexibility index (Phi) is 7.62. The number of hydrogen-bond acceptors (Lipinski definition) is 6. The number of fused-ring (bicyclic) bond motifs is 1. The summed E-state index contributed by atoms with van der Waals surface area (Å²) in [6.45, 7) is 1.85. The molecule has 10 heteroatoms. The minimum absolute atomic E-state index is 0.0826. The van der Waals surface area contributed by atoms with E-state index in [2.05, 4.69) is 31.9 Å². The van der Waals surface area contributed by atoms with Crippen LogP contribution in [0, 0.1) is 22.5 Å². The average Bonchev–Trinajstić information content (AvgIpc) is 2.76. The Bertz CT molecular complexity index is 1310. The van der Waals surface area contributed by atoms with Crippen LogP contribution in [-0.4, -0.2) is 27.4 Å². The molecule has 0 N–H and O–H groups in total. The summed E-state index contributed by atoms with van der Waals surface area (Å²) in [6, 6.07) is 7.86. The molecular formula is C22H18BrClN4O4. The largest absolute Gasteiger partial charge is 0.473 e. The Morgan fingerprint density at radius 3 is 2.88 bits per heavy atom. The zero-order valence-electron chi connectivity index (χ0n) is 17.0. The van der Waals surface area contributed by atoms with E-state index in [9.17, 15) is 14.9 Å². The zero-order valence-corrected chi connectivity index (χ0v) is 19.4. The van der Waals surface area contributed by atoms with Crippen molar-refractivity contribution < 1.29 is 9.66 Å². The predicted octanol–water partition coefficient (Wildman–Crippen LogP) is 4.96. The van der Waals surface area contributed by atoms with E-state index in [1.807, 2.05) is 13.0 Å². The lowest BCUT2D eigenvalue weighted by molar-refractivity contribution is -0.385. The van der Waals surface area contributed by atoms with E-state index in [1.54, 1.807) is 12.1 Å². The lowest BCUT2D eigenvalue weighted by Gasteiger charge is -2.10. The second kappa shape index (κ2) is 10.4. The van der Waals surface area contributed by atoms with Crippen LogP contribution in [0.4, 0.5) is 5.69 Å². The third-order valence-corrected chi connectivity index (χ3v) is 5.21. The van der Waals surface area contributed by atoms with Crippen molar-refractivity contribution in [2.75, 3.05) is 6.61 Å². The molecule has 0 atom stereocenters. The van der Waals surface area contributed by atoms with Crippen molar-refractivity contribution in [1.29, 1.82) is 0 Å². The molecule has 0 saturated carbocycles. The number of unbranched alkanes of at least 4 members (excludes halogenated alkanes) is 1. The topological polar surface area (TPSA) is 99.6 Å². The van der Waals surface area contributed by atoms with Crippen molar-refractivity contribution >= 4 is 50.3 Å². The molecule has 0 amide bonds. The van der Waals surface area contributed by atoms with Crippen LogP contribution in [-0.2, 0) is 6.42 Å². The fourth-order valence-electron chi connectivity index (χ4n) is 3.03. The first-order chi connectivity index (χ1) is 15.3. The van der Waals surface area contributed by atoms with E-state index < -0.39 is 4.92 Å². The van der Waals surface area contributed by atoms with E-state index in [4.69, 9.17) is 22.8 Å². The monoisotopic (exact) mass is 516 g/mol. The summed E-state index contributed by atoms with van der Waals surface area (Å²) >= 11 is 9.43. The number of nitro groups is 1. The third-order valence-electron chi connectivity index (χ3n) is 4.50. The van der Waals surface area contributed by atoms with Crippen molar-refractivity contribution in [2.45, 2.75) is 26.2 Å². The summed E-state index contributed by atoms with van der Waals surface area (Å²) in [5, 5.41) is 16.3. The van der Waals surface area contributed by atoms with Crippen LogP contribution in [0.5, 0.6) is 5.75 Å². The number of halogens is 2. The Hall–Kier alpha value is -3.22. The van der Waals surface area contributed by atoms with Crippen LogP contribution >= 0.6 is 27.5 Å². The Balaban J connectivity index is 2.19. The van der Waals surface area contributed by atoms with Crippen molar-refractivity contribution in [1.82, 2.24) is 9.66 Å². The molecule has 0 aliphatic carbocycles. The highest BCUT2D eigenvalue weighted by molar-refractivity contribution is 9.10. The van der Waals surface area contributed by atoms with E-state index in [0.717, 1.165) is 17.3 Å². The number of aryl methyl sites for hydroxylation is 1. The molecule has 0 aliphatic heterocycles. The fourth-order valence-corrected chi connectivity index (χ4v) is 3.61. The van der Waals surface area contributed by atoms with Crippen LogP contribution in [0.15, 0.2) is 44.7 Å². The first-order valence-corrected chi connectivity index (χ1v) is 10.8. The molecular weight excluding hydrogens is 500 g/mol. The van der Waals surface area contributed by atoms with Gasteiger partial charge in [0.05, 0.1) is 22.0 Å². The number of benzene rings is 2. The SMILES string of the molecule is C#CCOc1c(C=Nn2c(CCCC)nc3ccc(Br)cc3c2=O)cc(Cl)cc1[N+](=O)[O-]. The third kappa shape index (κ3) is 5.15. The number of rotatable bonds is 8. The molecule has 0 radical (unpaired) electrons. The summed E-state index contributed by atoms with van der Waals surface area (Å²) in [7, 11) is 0. The highest BCUT2D eigenvalue weighted by Crippen LogP contribution is 2.33. The average molecular weight is 518 g/mol. The van der Waals surface area contributed by atoms with Gasteiger partial charge in [0.25, 0.3) is 5.56 Å². The number of nitro benzene ring substituents is 1. The molecule has 32 heavy (non-hydrogen) atoms. The van der Waals surface area contributed by atoms with E-state index in [0.29, 0.717) is 23.1 Å². The lowest BCUT2D eigenvalue weighted by atomic mass is 10.2. The van der Waals surface area contributed by atoms with Gasteiger partial charge in [-0.25, -0.2) is 4.98 Å². The van der Waals surface area contributed by atoms with Gasteiger partial charge in [-0.1, -0.05) is 46.8 Å². The fraction of sp³-hybridized carbons (Fsp3) is 0.227. The number of ether oxygens (including phenoxy) is 1. The molecule has 8 nitrogen and oxygen atoms in total. The quantitative estimate of drug-likeness (QED) is 0.182.